The predicted molar refractivity (Wildman–Crippen MR) is 103 cm³/mol. The molecule has 3 rings (SSSR count). The molecule has 3 heterocycles. The largest absolute Gasteiger partial charge is 0.464 e. The van der Waals surface area contributed by atoms with Gasteiger partial charge in [0.05, 0.1) is 24.7 Å². The number of hydrogen-bond acceptors (Lipinski definition) is 7. The number of esters is 1. The Hall–Kier alpha value is -3.10. The van der Waals surface area contributed by atoms with E-state index in [1.165, 1.54) is 7.11 Å². The fourth-order valence-corrected chi connectivity index (χ4v) is 2.84. The highest BCUT2D eigenvalue weighted by Crippen LogP contribution is 2.30. The molecule has 0 aromatic carbocycles. The second-order valence-corrected chi connectivity index (χ2v) is 7.73. The molecule has 0 radical (unpaired) electrons. The zero-order valence-electron chi connectivity index (χ0n) is 16.7. The molecular formula is C19H25N5O4. The molecule has 0 aliphatic carbocycles. The lowest BCUT2D eigenvalue weighted by Gasteiger charge is -2.39. The maximum atomic E-state index is 12.2. The van der Waals surface area contributed by atoms with E-state index in [1.807, 2.05) is 26.8 Å². The third-order valence-electron chi connectivity index (χ3n) is 4.23. The molecule has 0 bridgehead atoms. The summed E-state index contributed by atoms with van der Waals surface area (Å²) in [6, 6.07) is 3.64. The molecule has 0 saturated carbocycles. The van der Waals surface area contributed by atoms with E-state index in [-0.39, 0.29) is 17.7 Å². The monoisotopic (exact) mass is 387 g/mol. The molecule has 0 unspecified atom stereocenters. The van der Waals surface area contributed by atoms with Gasteiger partial charge < -0.3 is 19.7 Å². The van der Waals surface area contributed by atoms with E-state index in [0.29, 0.717) is 18.8 Å². The second kappa shape index (κ2) is 7.49. The lowest BCUT2D eigenvalue weighted by atomic mass is 9.96. The SMILES string of the molecule is COC(=O)c1nc(C2CN(C(=O)OC(C)(C)C)C2)ccc1Nc1cnn(C)c1. The third-order valence-corrected chi connectivity index (χ3v) is 4.23. The second-order valence-electron chi connectivity index (χ2n) is 7.73. The Morgan fingerprint density at radius 3 is 2.54 bits per heavy atom. The number of ether oxygens (including phenoxy) is 2. The van der Waals surface area contributed by atoms with Gasteiger partial charge in [-0.25, -0.2) is 14.6 Å². The van der Waals surface area contributed by atoms with Gasteiger partial charge in [-0.15, -0.1) is 0 Å². The number of nitrogens with zero attached hydrogens (tertiary/aromatic N) is 4. The number of nitrogens with one attached hydrogen (secondary N) is 1. The van der Waals surface area contributed by atoms with Crippen molar-refractivity contribution in [2.75, 3.05) is 25.5 Å². The first-order valence-electron chi connectivity index (χ1n) is 8.99. The van der Waals surface area contributed by atoms with Crippen molar-refractivity contribution < 1.29 is 19.1 Å². The van der Waals surface area contributed by atoms with Gasteiger partial charge in [0.25, 0.3) is 0 Å². The number of hydrogen-bond donors (Lipinski definition) is 1. The first kappa shape index (κ1) is 19.7. The topological polar surface area (TPSA) is 98.6 Å². The molecule has 0 spiro atoms. The molecule has 1 fully saturated rings. The Morgan fingerprint density at radius 1 is 1.25 bits per heavy atom. The Balaban J connectivity index is 1.73. The minimum atomic E-state index is -0.531. The molecule has 1 saturated heterocycles. The number of rotatable bonds is 4. The highest BCUT2D eigenvalue weighted by Gasteiger charge is 2.36. The van der Waals surface area contributed by atoms with E-state index < -0.39 is 11.6 Å². The van der Waals surface area contributed by atoms with Gasteiger partial charge in [-0.3, -0.25) is 4.68 Å². The first-order chi connectivity index (χ1) is 13.2. The number of amides is 1. The fourth-order valence-electron chi connectivity index (χ4n) is 2.84. The summed E-state index contributed by atoms with van der Waals surface area (Å²) in [5.74, 6) is -0.486. The number of methoxy groups -OCH3 is 1. The van der Waals surface area contributed by atoms with Gasteiger partial charge in [0, 0.05) is 37.9 Å². The Kier molecular flexibility index (Phi) is 5.26. The number of aromatic nitrogens is 3. The van der Waals surface area contributed by atoms with Crippen LogP contribution in [0.5, 0.6) is 0 Å². The summed E-state index contributed by atoms with van der Waals surface area (Å²) in [5, 5.41) is 7.23. The van der Waals surface area contributed by atoms with Crippen LogP contribution in [0.1, 0.15) is 42.9 Å². The van der Waals surface area contributed by atoms with Gasteiger partial charge in [0.1, 0.15) is 5.60 Å². The van der Waals surface area contributed by atoms with Crippen LogP contribution in [0.25, 0.3) is 0 Å². The maximum absolute atomic E-state index is 12.2. The highest BCUT2D eigenvalue weighted by atomic mass is 16.6. The summed E-state index contributed by atoms with van der Waals surface area (Å²) in [5.41, 5.74) is 1.67. The van der Waals surface area contributed by atoms with Crippen LogP contribution in [0.3, 0.4) is 0 Å². The van der Waals surface area contributed by atoms with Gasteiger partial charge in [-0.05, 0) is 32.9 Å². The molecule has 1 aliphatic heterocycles. The summed E-state index contributed by atoms with van der Waals surface area (Å²) in [7, 11) is 3.12. The van der Waals surface area contributed by atoms with Crippen LogP contribution in [0.2, 0.25) is 0 Å². The van der Waals surface area contributed by atoms with Crippen molar-refractivity contribution >= 4 is 23.4 Å². The molecule has 150 valence electrons. The van der Waals surface area contributed by atoms with Gasteiger partial charge in [0.15, 0.2) is 5.69 Å². The van der Waals surface area contributed by atoms with Crippen LogP contribution in [-0.2, 0) is 16.5 Å². The Bertz CT molecular complexity index is 881. The zero-order valence-corrected chi connectivity index (χ0v) is 16.7. The minimum Gasteiger partial charge on any atom is -0.464 e. The van der Waals surface area contributed by atoms with E-state index in [1.54, 1.807) is 35.1 Å². The number of carbonyl (C=O) groups excluding carboxylic acids is 2. The summed E-state index contributed by atoms with van der Waals surface area (Å²) in [4.78, 5) is 30.4. The molecule has 28 heavy (non-hydrogen) atoms. The molecule has 1 N–H and O–H groups in total. The van der Waals surface area contributed by atoms with Crippen molar-refractivity contribution in [3.05, 3.63) is 35.9 Å². The third kappa shape index (κ3) is 4.41. The predicted octanol–water partition coefficient (Wildman–Crippen LogP) is 2.68. The maximum Gasteiger partial charge on any atom is 0.410 e. The van der Waals surface area contributed by atoms with Gasteiger partial charge >= 0.3 is 12.1 Å². The Labute approximate surface area is 163 Å². The molecule has 9 heteroatoms. The fraction of sp³-hybridized carbons (Fsp3) is 0.474. The van der Waals surface area contributed by atoms with Crippen molar-refractivity contribution in [2.45, 2.75) is 32.3 Å². The number of anilines is 2. The van der Waals surface area contributed by atoms with Gasteiger partial charge in [0.2, 0.25) is 0 Å². The van der Waals surface area contributed by atoms with Crippen LogP contribution in [-0.4, -0.2) is 57.5 Å². The van der Waals surface area contributed by atoms with Crippen LogP contribution in [0.15, 0.2) is 24.5 Å². The minimum absolute atomic E-state index is 0.0448. The molecule has 0 atom stereocenters. The van der Waals surface area contributed by atoms with Crippen molar-refractivity contribution in [2.24, 2.45) is 7.05 Å². The van der Waals surface area contributed by atoms with Crippen molar-refractivity contribution in [3.63, 3.8) is 0 Å². The van der Waals surface area contributed by atoms with Crippen LogP contribution >= 0.6 is 0 Å². The quantitative estimate of drug-likeness (QED) is 0.805. The molecule has 9 nitrogen and oxygen atoms in total. The van der Waals surface area contributed by atoms with E-state index in [0.717, 1.165) is 11.4 Å². The standard InChI is InChI=1S/C19H25N5O4/c1-19(2,3)28-18(26)24-9-12(10-24)14-6-7-15(16(22-14)17(25)27-5)21-13-8-20-23(4)11-13/h6-8,11-12,21H,9-10H2,1-5H3. The summed E-state index contributed by atoms with van der Waals surface area (Å²) < 4.78 is 11.9. The van der Waals surface area contributed by atoms with Crippen LogP contribution in [0.4, 0.5) is 16.2 Å². The van der Waals surface area contributed by atoms with Gasteiger partial charge in [-0.2, -0.15) is 5.10 Å². The van der Waals surface area contributed by atoms with Crippen molar-refractivity contribution in [3.8, 4) is 0 Å². The first-order valence-corrected chi connectivity index (χ1v) is 8.99. The smallest absolute Gasteiger partial charge is 0.410 e. The normalized spacial score (nSPS) is 14.4. The van der Waals surface area contributed by atoms with Crippen molar-refractivity contribution in [1.82, 2.24) is 19.7 Å². The van der Waals surface area contributed by atoms with E-state index in [2.05, 4.69) is 15.4 Å². The van der Waals surface area contributed by atoms with Gasteiger partial charge in [-0.1, -0.05) is 0 Å². The summed E-state index contributed by atoms with van der Waals surface area (Å²) in [6.45, 7) is 6.50. The average Bonchev–Trinajstić information content (AvgIpc) is 2.97. The zero-order chi connectivity index (χ0) is 20.5. The molecule has 1 aliphatic rings. The molecule has 1 amide bonds. The molecule has 2 aromatic rings. The summed E-state index contributed by atoms with van der Waals surface area (Å²) >= 11 is 0. The number of pyridine rings is 1. The Morgan fingerprint density at radius 2 is 1.96 bits per heavy atom. The molecule has 2 aromatic heterocycles. The average molecular weight is 387 g/mol. The lowest BCUT2D eigenvalue weighted by molar-refractivity contribution is 0.00779. The van der Waals surface area contributed by atoms with Crippen LogP contribution in [0, 0.1) is 0 Å². The molecular weight excluding hydrogens is 362 g/mol. The van der Waals surface area contributed by atoms with Crippen molar-refractivity contribution in [1.29, 1.82) is 0 Å². The number of carbonyl (C=O) groups is 2. The van der Waals surface area contributed by atoms with Crippen LogP contribution < -0.4 is 5.32 Å². The summed E-state index contributed by atoms with van der Waals surface area (Å²) in [6.07, 6.45) is 3.10. The van der Waals surface area contributed by atoms with E-state index in [4.69, 9.17) is 9.47 Å². The highest BCUT2D eigenvalue weighted by molar-refractivity contribution is 5.94. The van der Waals surface area contributed by atoms with E-state index >= 15 is 0 Å². The van der Waals surface area contributed by atoms with E-state index in [9.17, 15) is 9.59 Å². The number of likely N-dealkylation sites (tertiary alicyclic amines) is 1. The number of aryl methyl sites for hydroxylation is 1. The lowest BCUT2D eigenvalue weighted by Crippen LogP contribution is -2.50.